The number of nitrogens with one attached hydrogen (secondary N) is 1. The Balaban J connectivity index is 1.81. The number of ether oxygens (including phenoxy) is 3. The van der Waals surface area contributed by atoms with Gasteiger partial charge in [0.1, 0.15) is 11.6 Å². The monoisotopic (exact) mass is 420 g/mol. The standard InChI is InChI=1S/C22H26F2N2O4/c1-3-30-20-5-4-15(12-21(20)28-2)19(26-6-8-29-9-7-26)14-25-22(27)16-10-17(23)13-18(24)11-16/h4-5,10-13,19H,3,6-9,14H2,1-2H3,(H,25,27)/t19-/m0/s1. The van der Waals surface area contributed by atoms with Gasteiger partial charge in [0.05, 0.1) is 33.0 Å². The highest BCUT2D eigenvalue weighted by atomic mass is 19.1. The van der Waals surface area contributed by atoms with Crippen LogP contribution in [-0.4, -0.2) is 57.4 Å². The van der Waals surface area contributed by atoms with Crippen molar-refractivity contribution in [1.29, 1.82) is 0 Å². The van der Waals surface area contributed by atoms with Crippen molar-refractivity contribution in [2.24, 2.45) is 0 Å². The smallest absolute Gasteiger partial charge is 0.251 e. The number of rotatable bonds is 8. The number of benzene rings is 2. The van der Waals surface area contributed by atoms with Crippen LogP contribution in [0.15, 0.2) is 36.4 Å². The normalized spacial score (nSPS) is 15.5. The van der Waals surface area contributed by atoms with E-state index in [9.17, 15) is 13.6 Å². The van der Waals surface area contributed by atoms with Gasteiger partial charge in [0.15, 0.2) is 11.5 Å². The van der Waals surface area contributed by atoms with E-state index in [2.05, 4.69) is 10.2 Å². The minimum Gasteiger partial charge on any atom is -0.493 e. The highest BCUT2D eigenvalue weighted by Crippen LogP contribution is 2.32. The zero-order valence-electron chi connectivity index (χ0n) is 17.1. The van der Waals surface area contributed by atoms with E-state index >= 15 is 0 Å². The Morgan fingerprint density at radius 3 is 2.47 bits per heavy atom. The fraction of sp³-hybridized carbons (Fsp3) is 0.409. The van der Waals surface area contributed by atoms with Crippen LogP contribution in [0.25, 0.3) is 0 Å². The highest BCUT2D eigenvalue weighted by Gasteiger charge is 2.25. The van der Waals surface area contributed by atoms with Crippen LogP contribution in [0.3, 0.4) is 0 Å². The molecule has 1 atom stereocenters. The van der Waals surface area contributed by atoms with E-state index in [4.69, 9.17) is 14.2 Å². The van der Waals surface area contributed by atoms with Gasteiger partial charge in [-0.25, -0.2) is 8.78 Å². The molecule has 0 spiro atoms. The number of carbonyl (C=O) groups excluding carboxylic acids is 1. The molecule has 6 nitrogen and oxygen atoms in total. The number of amides is 1. The minimum absolute atomic E-state index is 0.0579. The van der Waals surface area contributed by atoms with E-state index in [-0.39, 0.29) is 18.2 Å². The first kappa shape index (κ1) is 22.0. The summed E-state index contributed by atoms with van der Waals surface area (Å²) >= 11 is 0. The van der Waals surface area contributed by atoms with Gasteiger partial charge in [-0.3, -0.25) is 9.69 Å². The number of nitrogens with zero attached hydrogens (tertiary/aromatic N) is 1. The Hall–Kier alpha value is -2.71. The lowest BCUT2D eigenvalue weighted by Crippen LogP contribution is -2.43. The molecule has 162 valence electrons. The van der Waals surface area contributed by atoms with Gasteiger partial charge in [0, 0.05) is 31.3 Å². The number of hydrogen-bond donors (Lipinski definition) is 1. The summed E-state index contributed by atoms with van der Waals surface area (Å²) in [5.41, 5.74) is 0.875. The number of carbonyl (C=O) groups is 1. The lowest BCUT2D eigenvalue weighted by Gasteiger charge is -2.35. The Labute approximate surface area is 174 Å². The summed E-state index contributed by atoms with van der Waals surface area (Å²) < 4.78 is 43.4. The van der Waals surface area contributed by atoms with Crippen molar-refractivity contribution in [3.05, 3.63) is 59.2 Å². The number of morpholine rings is 1. The van der Waals surface area contributed by atoms with Gasteiger partial charge in [-0.1, -0.05) is 6.07 Å². The third-order valence-corrected chi connectivity index (χ3v) is 4.94. The van der Waals surface area contributed by atoms with Crippen molar-refractivity contribution in [3.8, 4) is 11.5 Å². The van der Waals surface area contributed by atoms with Crippen molar-refractivity contribution in [2.45, 2.75) is 13.0 Å². The van der Waals surface area contributed by atoms with Crippen LogP contribution in [0.5, 0.6) is 11.5 Å². The van der Waals surface area contributed by atoms with Crippen molar-refractivity contribution in [1.82, 2.24) is 10.2 Å². The highest BCUT2D eigenvalue weighted by molar-refractivity contribution is 5.94. The first-order chi connectivity index (χ1) is 14.5. The van der Waals surface area contributed by atoms with Crippen LogP contribution in [0, 0.1) is 11.6 Å². The second-order valence-electron chi connectivity index (χ2n) is 6.88. The average molecular weight is 420 g/mol. The maximum absolute atomic E-state index is 13.5. The maximum Gasteiger partial charge on any atom is 0.251 e. The van der Waals surface area contributed by atoms with E-state index in [1.54, 1.807) is 7.11 Å². The molecule has 30 heavy (non-hydrogen) atoms. The molecule has 0 unspecified atom stereocenters. The number of halogens is 2. The molecule has 1 amide bonds. The van der Waals surface area contributed by atoms with Crippen LogP contribution in [0.1, 0.15) is 28.9 Å². The summed E-state index contributed by atoms with van der Waals surface area (Å²) in [7, 11) is 1.58. The Bertz CT molecular complexity index is 852. The zero-order chi connectivity index (χ0) is 21.5. The predicted molar refractivity (Wildman–Crippen MR) is 108 cm³/mol. The molecule has 0 radical (unpaired) electrons. The average Bonchev–Trinajstić information content (AvgIpc) is 2.74. The third kappa shape index (κ3) is 5.46. The Morgan fingerprint density at radius 2 is 1.83 bits per heavy atom. The van der Waals surface area contributed by atoms with Gasteiger partial charge in [-0.15, -0.1) is 0 Å². The SMILES string of the molecule is CCOc1ccc([C@H](CNC(=O)c2cc(F)cc(F)c2)N2CCOCC2)cc1OC. The molecule has 1 N–H and O–H groups in total. The van der Waals surface area contributed by atoms with Crippen LogP contribution >= 0.6 is 0 Å². The van der Waals surface area contributed by atoms with E-state index in [1.807, 2.05) is 25.1 Å². The van der Waals surface area contributed by atoms with Gasteiger partial charge in [-0.2, -0.15) is 0 Å². The van der Waals surface area contributed by atoms with Crippen molar-refractivity contribution < 1.29 is 27.8 Å². The largest absolute Gasteiger partial charge is 0.493 e. The molecule has 0 saturated carbocycles. The summed E-state index contributed by atoms with van der Waals surface area (Å²) in [6, 6.07) is 8.26. The van der Waals surface area contributed by atoms with Gasteiger partial charge < -0.3 is 19.5 Å². The molecule has 0 aliphatic carbocycles. The molecule has 1 heterocycles. The van der Waals surface area contributed by atoms with Crippen molar-refractivity contribution in [3.63, 3.8) is 0 Å². The van der Waals surface area contributed by atoms with Crippen LogP contribution in [0.4, 0.5) is 8.78 Å². The second kappa shape index (κ2) is 10.4. The summed E-state index contributed by atoms with van der Waals surface area (Å²) in [6.45, 7) is 5.25. The Morgan fingerprint density at radius 1 is 1.13 bits per heavy atom. The first-order valence-corrected chi connectivity index (χ1v) is 9.88. The molecule has 8 heteroatoms. The molecule has 2 aromatic rings. The van der Waals surface area contributed by atoms with E-state index in [0.717, 1.165) is 23.8 Å². The summed E-state index contributed by atoms with van der Waals surface area (Å²) in [5, 5.41) is 2.80. The fourth-order valence-electron chi connectivity index (χ4n) is 3.49. The lowest BCUT2D eigenvalue weighted by molar-refractivity contribution is 0.0162. The molecule has 1 aliphatic rings. The summed E-state index contributed by atoms with van der Waals surface area (Å²) in [5.74, 6) is -0.873. The van der Waals surface area contributed by atoms with Gasteiger partial charge in [-0.05, 0) is 36.8 Å². The summed E-state index contributed by atoms with van der Waals surface area (Å²) in [6.07, 6.45) is 0. The fourth-order valence-corrected chi connectivity index (χ4v) is 3.49. The minimum atomic E-state index is -0.791. The Kier molecular flexibility index (Phi) is 7.59. The molecule has 0 bridgehead atoms. The zero-order valence-corrected chi connectivity index (χ0v) is 17.1. The number of hydrogen-bond acceptors (Lipinski definition) is 5. The van der Waals surface area contributed by atoms with Crippen LogP contribution in [-0.2, 0) is 4.74 Å². The van der Waals surface area contributed by atoms with Crippen LogP contribution < -0.4 is 14.8 Å². The molecule has 3 rings (SSSR count). The topological polar surface area (TPSA) is 60.0 Å². The molecule has 1 fully saturated rings. The van der Waals surface area contributed by atoms with Gasteiger partial charge in [0.25, 0.3) is 5.91 Å². The van der Waals surface area contributed by atoms with Gasteiger partial charge in [0.2, 0.25) is 0 Å². The molecular formula is C22H26F2N2O4. The molecule has 2 aromatic carbocycles. The van der Waals surface area contributed by atoms with Gasteiger partial charge >= 0.3 is 0 Å². The third-order valence-electron chi connectivity index (χ3n) is 4.94. The van der Waals surface area contributed by atoms with E-state index in [0.29, 0.717) is 44.4 Å². The molecule has 0 aromatic heterocycles. The molecule has 1 aliphatic heterocycles. The number of methoxy groups -OCH3 is 1. The van der Waals surface area contributed by atoms with Crippen molar-refractivity contribution in [2.75, 3.05) is 46.6 Å². The second-order valence-corrected chi connectivity index (χ2v) is 6.88. The van der Waals surface area contributed by atoms with Crippen molar-refractivity contribution >= 4 is 5.91 Å². The first-order valence-electron chi connectivity index (χ1n) is 9.88. The molecule has 1 saturated heterocycles. The maximum atomic E-state index is 13.5. The summed E-state index contributed by atoms with van der Waals surface area (Å²) in [4.78, 5) is 14.7. The molecular weight excluding hydrogens is 394 g/mol. The lowest BCUT2D eigenvalue weighted by atomic mass is 10.0. The van der Waals surface area contributed by atoms with Crippen LogP contribution in [0.2, 0.25) is 0 Å². The quantitative estimate of drug-likeness (QED) is 0.711. The predicted octanol–water partition coefficient (Wildman–Crippen LogP) is 3.18. The van der Waals surface area contributed by atoms with E-state index in [1.165, 1.54) is 0 Å². The van der Waals surface area contributed by atoms with E-state index < -0.39 is 17.5 Å².